The van der Waals surface area contributed by atoms with Gasteiger partial charge in [0.15, 0.2) is 0 Å². The normalized spacial score (nSPS) is 11.6. The number of hydrogen-bond acceptors (Lipinski definition) is 4. The van der Waals surface area contributed by atoms with Gasteiger partial charge in [-0.1, -0.05) is 0 Å². The van der Waals surface area contributed by atoms with E-state index in [-0.39, 0.29) is 26.3 Å². The van der Waals surface area contributed by atoms with Crippen molar-refractivity contribution in [2.24, 2.45) is 12.8 Å². The molecule has 0 unspecified atom stereocenters. The van der Waals surface area contributed by atoms with E-state index in [2.05, 4.69) is 0 Å². The van der Waals surface area contributed by atoms with E-state index in [9.17, 15) is 31.9 Å². The van der Waals surface area contributed by atoms with E-state index in [1.807, 2.05) is 0 Å². The number of halogens is 4. The lowest BCUT2D eigenvalue weighted by atomic mass is 10.1. The second-order valence-corrected chi connectivity index (χ2v) is 5.28. The molecule has 2 aromatic rings. The molecule has 7 nitrogen and oxygen atoms in total. The van der Waals surface area contributed by atoms with Gasteiger partial charge < -0.3 is 5.73 Å². The Hall–Kier alpha value is -3.68. The number of aromatic nitrogens is 2. The lowest BCUT2D eigenvalue weighted by Gasteiger charge is -2.14. The van der Waals surface area contributed by atoms with E-state index >= 15 is 0 Å². The second-order valence-electron chi connectivity index (χ2n) is 5.28. The highest BCUT2D eigenvalue weighted by Gasteiger charge is 2.35. The molecular formula is C16H10F4N4O3. The summed E-state index contributed by atoms with van der Waals surface area (Å²) in [4.78, 5) is 35.2. The van der Waals surface area contributed by atoms with Crippen LogP contribution in [0.2, 0.25) is 0 Å². The molecule has 140 valence electrons. The van der Waals surface area contributed by atoms with E-state index in [1.54, 1.807) is 6.07 Å². The first-order chi connectivity index (χ1) is 12.5. The topological polar surface area (TPSA) is 111 Å². The Kier molecular flexibility index (Phi) is 5.03. The van der Waals surface area contributed by atoms with Gasteiger partial charge in [-0.15, -0.1) is 0 Å². The number of nitrogens with two attached hydrogens (primary N) is 1. The van der Waals surface area contributed by atoms with Crippen LogP contribution in [0.1, 0.15) is 16.8 Å². The fraction of sp³-hybridized carbons (Fsp3) is 0.125. The number of rotatable bonds is 3. The summed E-state index contributed by atoms with van der Waals surface area (Å²) in [5.41, 5.74) is -0.419. The van der Waals surface area contributed by atoms with Crippen LogP contribution in [-0.4, -0.2) is 15.0 Å². The molecule has 0 aliphatic rings. The summed E-state index contributed by atoms with van der Waals surface area (Å²) in [7, 11) is 0.774. The molecule has 0 bridgehead atoms. The fourth-order valence-corrected chi connectivity index (χ4v) is 2.28. The number of alkyl halides is 3. The molecule has 1 aromatic carbocycles. The SMILES string of the molecule is Cn1c(C(F)(F)F)cc(=O)n(-c2cc(C=CC(N)=O)c(C#N)cc2F)c1=O. The Labute approximate surface area is 148 Å². The summed E-state index contributed by atoms with van der Waals surface area (Å²) in [6.45, 7) is 0. The minimum atomic E-state index is -4.97. The number of carbonyl (C=O) groups excluding carboxylic acids is 1. The largest absolute Gasteiger partial charge is 0.431 e. The van der Waals surface area contributed by atoms with E-state index in [0.717, 1.165) is 25.3 Å². The predicted molar refractivity (Wildman–Crippen MR) is 85.2 cm³/mol. The number of amides is 1. The zero-order valence-electron chi connectivity index (χ0n) is 13.5. The van der Waals surface area contributed by atoms with E-state index in [1.165, 1.54) is 0 Å². The van der Waals surface area contributed by atoms with Gasteiger partial charge in [0.2, 0.25) is 5.91 Å². The molecule has 2 rings (SSSR count). The second kappa shape index (κ2) is 6.91. The average Bonchev–Trinajstić information content (AvgIpc) is 2.56. The number of nitriles is 1. The predicted octanol–water partition coefficient (Wildman–Crippen LogP) is 1.06. The summed E-state index contributed by atoms with van der Waals surface area (Å²) < 4.78 is 53.3. The zero-order valence-corrected chi connectivity index (χ0v) is 13.5. The Morgan fingerprint density at radius 2 is 1.89 bits per heavy atom. The van der Waals surface area contributed by atoms with Crippen molar-refractivity contribution in [3.63, 3.8) is 0 Å². The molecule has 11 heteroatoms. The zero-order chi connectivity index (χ0) is 20.5. The highest BCUT2D eigenvalue weighted by Crippen LogP contribution is 2.27. The van der Waals surface area contributed by atoms with Gasteiger partial charge in [0, 0.05) is 19.2 Å². The monoisotopic (exact) mass is 382 g/mol. The standard InChI is InChI=1S/C16H10F4N4O3/c1-23-12(16(18,19)20)6-14(26)24(15(23)27)11-5-8(2-3-13(22)25)9(7-21)4-10(11)17/h2-6H,1H3,(H2,22,25). The summed E-state index contributed by atoms with van der Waals surface area (Å²) in [5, 5.41) is 9.02. The third-order valence-electron chi connectivity index (χ3n) is 3.52. The van der Waals surface area contributed by atoms with Crippen LogP contribution in [0.4, 0.5) is 17.6 Å². The molecule has 27 heavy (non-hydrogen) atoms. The third kappa shape index (κ3) is 3.79. The first kappa shape index (κ1) is 19.6. The van der Waals surface area contributed by atoms with Gasteiger partial charge in [-0.2, -0.15) is 18.4 Å². The third-order valence-corrected chi connectivity index (χ3v) is 3.52. The van der Waals surface area contributed by atoms with Gasteiger partial charge in [-0.05, 0) is 23.8 Å². The number of benzene rings is 1. The summed E-state index contributed by atoms with van der Waals surface area (Å²) in [6, 6.07) is 3.35. The Bertz CT molecular complexity index is 1120. The van der Waals surface area contributed by atoms with Crippen molar-refractivity contribution >= 4 is 12.0 Å². The van der Waals surface area contributed by atoms with Gasteiger partial charge in [0.1, 0.15) is 11.5 Å². The minimum absolute atomic E-state index is 0.0680. The van der Waals surface area contributed by atoms with Gasteiger partial charge >= 0.3 is 11.9 Å². The van der Waals surface area contributed by atoms with Crippen LogP contribution in [-0.2, 0) is 18.0 Å². The molecule has 0 aliphatic carbocycles. The molecule has 0 saturated heterocycles. The molecular weight excluding hydrogens is 372 g/mol. The van der Waals surface area contributed by atoms with Gasteiger partial charge in [-0.25, -0.2) is 13.8 Å². The molecule has 0 aliphatic heterocycles. The van der Waals surface area contributed by atoms with E-state index in [0.29, 0.717) is 6.07 Å². The molecule has 0 saturated carbocycles. The molecule has 1 aromatic heterocycles. The molecule has 1 amide bonds. The van der Waals surface area contributed by atoms with Crippen LogP contribution < -0.4 is 17.0 Å². The molecule has 0 fully saturated rings. The highest BCUT2D eigenvalue weighted by atomic mass is 19.4. The van der Waals surface area contributed by atoms with Crippen LogP contribution in [0, 0.1) is 17.1 Å². The van der Waals surface area contributed by atoms with Crippen molar-refractivity contribution in [3.8, 4) is 11.8 Å². The number of carbonyl (C=O) groups is 1. The first-order valence-electron chi connectivity index (χ1n) is 7.09. The highest BCUT2D eigenvalue weighted by molar-refractivity contribution is 5.90. The minimum Gasteiger partial charge on any atom is -0.366 e. The average molecular weight is 382 g/mol. The first-order valence-corrected chi connectivity index (χ1v) is 7.09. The van der Waals surface area contributed by atoms with Gasteiger partial charge in [0.25, 0.3) is 5.56 Å². The van der Waals surface area contributed by atoms with Crippen LogP contribution >= 0.6 is 0 Å². The van der Waals surface area contributed by atoms with Crippen molar-refractivity contribution in [1.82, 2.24) is 9.13 Å². The van der Waals surface area contributed by atoms with E-state index in [4.69, 9.17) is 11.0 Å². The van der Waals surface area contributed by atoms with Crippen molar-refractivity contribution in [2.75, 3.05) is 0 Å². The molecule has 1 heterocycles. The van der Waals surface area contributed by atoms with Crippen molar-refractivity contribution < 1.29 is 22.4 Å². The van der Waals surface area contributed by atoms with Gasteiger partial charge in [0.05, 0.1) is 17.3 Å². The lowest BCUT2D eigenvalue weighted by Crippen LogP contribution is -2.41. The van der Waals surface area contributed by atoms with Crippen molar-refractivity contribution in [1.29, 1.82) is 5.26 Å². The summed E-state index contributed by atoms with van der Waals surface area (Å²) >= 11 is 0. The number of nitrogens with zero attached hydrogens (tertiary/aromatic N) is 3. The quantitative estimate of drug-likeness (QED) is 0.632. The molecule has 0 atom stereocenters. The van der Waals surface area contributed by atoms with Crippen LogP contribution in [0.5, 0.6) is 0 Å². The Morgan fingerprint density at radius 3 is 2.41 bits per heavy atom. The van der Waals surface area contributed by atoms with Crippen LogP contribution in [0.3, 0.4) is 0 Å². The number of primary amides is 1. The molecule has 0 radical (unpaired) electrons. The fourth-order valence-electron chi connectivity index (χ4n) is 2.28. The van der Waals surface area contributed by atoms with E-state index < -0.39 is 40.5 Å². The van der Waals surface area contributed by atoms with Crippen LogP contribution in [0.15, 0.2) is 33.9 Å². The van der Waals surface area contributed by atoms with Crippen molar-refractivity contribution in [3.05, 3.63) is 67.8 Å². The summed E-state index contributed by atoms with van der Waals surface area (Å²) in [6.07, 6.45) is -3.07. The maximum Gasteiger partial charge on any atom is 0.431 e. The Balaban J connectivity index is 2.84. The molecule has 2 N–H and O–H groups in total. The van der Waals surface area contributed by atoms with Gasteiger partial charge in [-0.3, -0.25) is 14.2 Å². The summed E-state index contributed by atoms with van der Waals surface area (Å²) in [5.74, 6) is -2.07. The maximum atomic E-state index is 14.3. The lowest BCUT2D eigenvalue weighted by molar-refractivity contribution is -0.144. The number of hydrogen-bond donors (Lipinski definition) is 1. The molecule has 0 spiro atoms. The van der Waals surface area contributed by atoms with Crippen LogP contribution in [0.25, 0.3) is 11.8 Å². The van der Waals surface area contributed by atoms with Crippen molar-refractivity contribution in [2.45, 2.75) is 6.18 Å². The Morgan fingerprint density at radius 1 is 1.26 bits per heavy atom. The smallest absolute Gasteiger partial charge is 0.366 e. The maximum absolute atomic E-state index is 14.3.